The summed E-state index contributed by atoms with van der Waals surface area (Å²) in [5, 5.41) is 9.32. The van der Waals surface area contributed by atoms with Crippen molar-refractivity contribution in [2.45, 2.75) is 96.1 Å². The first-order valence-electron chi connectivity index (χ1n) is 14.3. The van der Waals surface area contributed by atoms with E-state index in [1.54, 1.807) is 7.11 Å². The summed E-state index contributed by atoms with van der Waals surface area (Å²) in [5.74, 6) is 1.11. The number of ether oxygens (including phenoxy) is 1. The van der Waals surface area contributed by atoms with Crippen LogP contribution in [0.25, 0.3) is 11.1 Å². The van der Waals surface area contributed by atoms with Crippen LogP contribution in [0.3, 0.4) is 0 Å². The van der Waals surface area contributed by atoms with Gasteiger partial charge in [0, 0.05) is 13.5 Å². The van der Waals surface area contributed by atoms with Crippen LogP contribution in [0.1, 0.15) is 92.9 Å². The second kappa shape index (κ2) is 14.9. The van der Waals surface area contributed by atoms with E-state index in [-0.39, 0.29) is 13.0 Å². The number of unbranched alkanes of at least 4 members (excludes halogenated alkanes) is 1. The van der Waals surface area contributed by atoms with Gasteiger partial charge < -0.3 is 9.84 Å². The van der Waals surface area contributed by atoms with E-state index < -0.39 is 12.6 Å². The lowest BCUT2D eigenvalue weighted by atomic mass is 9.76. The number of aliphatic hydroxyl groups is 1. The van der Waals surface area contributed by atoms with Crippen molar-refractivity contribution in [2.24, 2.45) is 5.92 Å². The van der Waals surface area contributed by atoms with Crippen LogP contribution in [0.2, 0.25) is 0 Å². The fraction of sp³-hybridized carbons (Fsp3) is 0.576. The molecule has 5 heteroatoms. The lowest BCUT2D eigenvalue weighted by Crippen LogP contribution is -2.14. The third kappa shape index (κ3) is 9.27. The van der Waals surface area contributed by atoms with Gasteiger partial charge in [0.25, 0.3) is 0 Å². The third-order valence-electron chi connectivity index (χ3n) is 8.22. The molecule has 0 aromatic heterocycles. The molecule has 0 unspecified atom stereocenters. The molecule has 2 nitrogen and oxygen atoms in total. The van der Waals surface area contributed by atoms with Crippen LogP contribution in [0, 0.1) is 5.92 Å². The SMILES string of the molecule is C=C(CO)CCc1ccc(-c2ccc(C3CCC(CCCCC(F)(F)F)CC3)cc2CC)cc1CCOC. The van der Waals surface area contributed by atoms with Crippen molar-refractivity contribution in [2.75, 3.05) is 20.3 Å². The van der Waals surface area contributed by atoms with Gasteiger partial charge in [-0.3, -0.25) is 0 Å². The molecule has 3 rings (SSSR count). The molecule has 0 radical (unpaired) electrons. The number of hydrogen-bond donors (Lipinski definition) is 1. The van der Waals surface area contributed by atoms with Gasteiger partial charge in [-0.2, -0.15) is 13.2 Å². The predicted octanol–water partition coefficient (Wildman–Crippen LogP) is 8.98. The van der Waals surface area contributed by atoms with Crippen molar-refractivity contribution in [3.8, 4) is 11.1 Å². The summed E-state index contributed by atoms with van der Waals surface area (Å²) in [7, 11) is 1.73. The maximum atomic E-state index is 12.4. The summed E-state index contributed by atoms with van der Waals surface area (Å²) < 4.78 is 42.6. The van der Waals surface area contributed by atoms with Crippen molar-refractivity contribution in [1.82, 2.24) is 0 Å². The van der Waals surface area contributed by atoms with E-state index in [0.29, 0.717) is 24.9 Å². The maximum Gasteiger partial charge on any atom is 0.389 e. The minimum atomic E-state index is -4.02. The molecule has 1 aliphatic carbocycles. The monoisotopic (exact) mass is 530 g/mol. The lowest BCUT2D eigenvalue weighted by molar-refractivity contribution is -0.135. The van der Waals surface area contributed by atoms with Crippen molar-refractivity contribution < 1.29 is 23.0 Å². The summed E-state index contributed by atoms with van der Waals surface area (Å²) in [5.41, 5.74) is 8.69. The first-order chi connectivity index (χ1) is 18.2. The van der Waals surface area contributed by atoms with E-state index in [0.717, 1.165) is 63.4 Å². The molecular formula is C33H45F3O2. The zero-order valence-corrected chi connectivity index (χ0v) is 23.2. The number of alkyl halides is 3. The van der Waals surface area contributed by atoms with Crippen LogP contribution < -0.4 is 0 Å². The molecule has 2 aromatic rings. The maximum absolute atomic E-state index is 12.4. The van der Waals surface area contributed by atoms with Gasteiger partial charge in [-0.15, -0.1) is 0 Å². The molecular weight excluding hydrogens is 485 g/mol. The van der Waals surface area contributed by atoms with Crippen LogP contribution >= 0.6 is 0 Å². The Labute approximate surface area is 227 Å². The summed E-state index contributed by atoms with van der Waals surface area (Å²) in [4.78, 5) is 0. The minimum absolute atomic E-state index is 0.0291. The molecule has 0 bridgehead atoms. The molecule has 38 heavy (non-hydrogen) atoms. The Kier molecular flexibility index (Phi) is 11.9. The Hall–Kier alpha value is -2.11. The first-order valence-corrected chi connectivity index (χ1v) is 14.3. The summed E-state index contributed by atoms with van der Waals surface area (Å²) in [6.45, 7) is 6.84. The summed E-state index contributed by atoms with van der Waals surface area (Å²) in [6.07, 6.45) is 5.15. The number of rotatable bonds is 14. The predicted molar refractivity (Wildman–Crippen MR) is 151 cm³/mol. The van der Waals surface area contributed by atoms with Crippen LogP contribution in [0.4, 0.5) is 13.2 Å². The molecule has 1 N–H and O–H groups in total. The molecule has 0 atom stereocenters. The van der Waals surface area contributed by atoms with Crippen molar-refractivity contribution in [3.05, 3.63) is 70.8 Å². The fourth-order valence-electron chi connectivity index (χ4n) is 5.86. The number of halogens is 3. The lowest BCUT2D eigenvalue weighted by Gasteiger charge is -2.29. The highest BCUT2D eigenvalue weighted by atomic mass is 19.4. The first kappa shape index (κ1) is 30.4. The topological polar surface area (TPSA) is 29.5 Å². The normalized spacial score (nSPS) is 18.1. The van der Waals surface area contributed by atoms with E-state index in [9.17, 15) is 18.3 Å². The standard InChI is InChI=1S/C33H45F3O2/c1-4-26-21-29(28-12-9-25(10-13-28)7-5-6-19-33(34,35)36)16-17-32(26)31-15-14-27(11-8-24(2)23-37)30(22-31)18-20-38-3/h14-17,21-22,25,28,37H,2,4-13,18-20,23H2,1,3H3. The second-order valence-electron chi connectivity index (χ2n) is 11.0. The van der Waals surface area contributed by atoms with Gasteiger partial charge in [-0.05, 0) is 103 Å². The van der Waals surface area contributed by atoms with Gasteiger partial charge in [0.1, 0.15) is 0 Å². The second-order valence-corrected chi connectivity index (χ2v) is 11.0. The van der Waals surface area contributed by atoms with E-state index in [4.69, 9.17) is 4.74 Å². The Balaban J connectivity index is 1.67. The molecule has 0 saturated heterocycles. The fourth-order valence-corrected chi connectivity index (χ4v) is 5.86. The number of benzene rings is 2. The van der Waals surface area contributed by atoms with E-state index in [1.165, 1.54) is 33.4 Å². The van der Waals surface area contributed by atoms with Gasteiger partial charge in [0.2, 0.25) is 0 Å². The molecule has 210 valence electrons. The Morgan fingerprint density at radius 1 is 0.974 bits per heavy atom. The van der Waals surface area contributed by atoms with Crippen molar-refractivity contribution in [1.29, 1.82) is 0 Å². The zero-order chi connectivity index (χ0) is 27.5. The molecule has 1 aliphatic rings. The van der Waals surface area contributed by atoms with Crippen LogP contribution in [0.15, 0.2) is 48.6 Å². The van der Waals surface area contributed by atoms with Crippen LogP contribution in [-0.4, -0.2) is 31.6 Å². The highest BCUT2D eigenvalue weighted by molar-refractivity contribution is 5.69. The highest BCUT2D eigenvalue weighted by Gasteiger charge is 2.27. The molecule has 0 amide bonds. The third-order valence-corrected chi connectivity index (χ3v) is 8.22. The molecule has 0 aliphatic heterocycles. The smallest absolute Gasteiger partial charge is 0.389 e. The van der Waals surface area contributed by atoms with E-state index >= 15 is 0 Å². The number of aliphatic hydroxyl groups excluding tert-OH is 1. The minimum Gasteiger partial charge on any atom is -0.392 e. The largest absolute Gasteiger partial charge is 0.392 e. The molecule has 1 saturated carbocycles. The summed E-state index contributed by atoms with van der Waals surface area (Å²) >= 11 is 0. The number of hydrogen-bond acceptors (Lipinski definition) is 2. The van der Waals surface area contributed by atoms with Crippen molar-refractivity contribution in [3.63, 3.8) is 0 Å². The molecule has 0 heterocycles. The van der Waals surface area contributed by atoms with E-state index in [1.807, 2.05) is 0 Å². The average Bonchev–Trinajstić information content (AvgIpc) is 2.92. The van der Waals surface area contributed by atoms with E-state index in [2.05, 4.69) is 49.9 Å². The van der Waals surface area contributed by atoms with Gasteiger partial charge in [-0.1, -0.05) is 68.3 Å². The molecule has 2 aromatic carbocycles. The highest BCUT2D eigenvalue weighted by Crippen LogP contribution is 2.39. The molecule has 0 spiro atoms. The Morgan fingerprint density at radius 3 is 2.39 bits per heavy atom. The van der Waals surface area contributed by atoms with Gasteiger partial charge in [0.05, 0.1) is 13.2 Å². The van der Waals surface area contributed by atoms with Crippen LogP contribution in [-0.2, 0) is 24.0 Å². The number of methoxy groups -OCH3 is 1. The number of aryl methyl sites for hydroxylation is 2. The molecule has 1 fully saturated rings. The van der Waals surface area contributed by atoms with Crippen LogP contribution in [0.5, 0.6) is 0 Å². The van der Waals surface area contributed by atoms with Gasteiger partial charge >= 0.3 is 6.18 Å². The van der Waals surface area contributed by atoms with Crippen molar-refractivity contribution >= 4 is 0 Å². The summed E-state index contributed by atoms with van der Waals surface area (Å²) in [6, 6.07) is 13.7. The van der Waals surface area contributed by atoms with Gasteiger partial charge in [0.15, 0.2) is 0 Å². The Morgan fingerprint density at radius 2 is 1.74 bits per heavy atom. The zero-order valence-electron chi connectivity index (χ0n) is 23.2. The average molecular weight is 531 g/mol. The van der Waals surface area contributed by atoms with Gasteiger partial charge in [-0.25, -0.2) is 0 Å². The quantitative estimate of drug-likeness (QED) is 0.195. The Bertz CT molecular complexity index is 1020.